The van der Waals surface area contributed by atoms with Gasteiger partial charge in [0.1, 0.15) is 18.2 Å². The summed E-state index contributed by atoms with van der Waals surface area (Å²) in [5, 5.41) is 3.68. The van der Waals surface area contributed by atoms with E-state index >= 15 is 0 Å². The second-order valence-corrected chi connectivity index (χ2v) is 5.50. The Balaban J connectivity index is 1.82. The predicted octanol–water partition coefficient (Wildman–Crippen LogP) is 5.27. The molecule has 1 heterocycles. The third-order valence-electron chi connectivity index (χ3n) is 2.81. The number of fused-ring (bicyclic) bond motifs is 1. The maximum Gasteiger partial charge on any atom is 0.124 e. The first kappa shape index (κ1) is 12.5. The van der Waals surface area contributed by atoms with Crippen molar-refractivity contribution < 1.29 is 9.13 Å². The monoisotopic (exact) mass is 292 g/mol. The standard InChI is InChI=1S/C15H10ClFOS/c16-11-2-1-3-13(6-11)18-8-10-9-19-15-7-12(17)4-5-14(10)15/h1-7,9H,8H2. The van der Waals surface area contributed by atoms with Gasteiger partial charge in [-0.25, -0.2) is 4.39 Å². The molecule has 0 aliphatic heterocycles. The molecule has 1 aromatic heterocycles. The van der Waals surface area contributed by atoms with E-state index in [-0.39, 0.29) is 5.82 Å². The molecular formula is C15H10ClFOS. The van der Waals surface area contributed by atoms with Crippen LogP contribution in [0.15, 0.2) is 47.8 Å². The summed E-state index contributed by atoms with van der Waals surface area (Å²) in [4.78, 5) is 0. The largest absolute Gasteiger partial charge is 0.489 e. The van der Waals surface area contributed by atoms with Crippen molar-refractivity contribution >= 4 is 33.0 Å². The van der Waals surface area contributed by atoms with Gasteiger partial charge < -0.3 is 4.74 Å². The van der Waals surface area contributed by atoms with Crippen molar-refractivity contribution in [1.29, 1.82) is 0 Å². The fourth-order valence-electron chi connectivity index (χ4n) is 1.89. The van der Waals surface area contributed by atoms with Crippen molar-refractivity contribution in [3.8, 4) is 5.75 Å². The van der Waals surface area contributed by atoms with Crippen LogP contribution in [0.25, 0.3) is 10.1 Å². The average molecular weight is 293 g/mol. The summed E-state index contributed by atoms with van der Waals surface area (Å²) in [5.41, 5.74) is 1.06. The zero-order valence-corrected chi connectivity index (χ0v) is 11.5. The van der Waals surface area contributed by atoms with Crippen LogP contribution in [0.4, 0.5) is 4.39 Å². The Bertz CT molecular complexity index is 723. The van der Waals surface area contributed by atoms with E-state index in [1.807, 2.05) is 17.5 Å². The summed E-state index contributed by atoms with van der Waals surface area (Å²) in [6.45, 7) is 0.450. The van der Waals surface area contributed by atoms with Crippen molar-refractivity contribution in [2.75, 3.05) is 0 Å². The highest BCUT2D eigenvalue weighted by molar-refractivity contribution is 7.17. The van der Waals surface area contributed by atoms with Crippen LogP contribution in [0.2, 0.25) is 5.02 Å². The van der Waals surface area contributed by atoms with Gasteiger partial charge >= 0.3 is 0 Å². The first-order valence-corrected chi connectivity index (χ1v) is 7.02. The number of hydrogen-bond donors (Lipinski definition) is 0. The van der Waals surface area contributed by atoms with E-state index in [2.05, 4.69) is 0 Å². The van der Waals surface area contributed by atoms with Crippen LogP contribution in [-0.4, -0.2) is 0 Å². The topological polar surface area (TPSA) is 9.23 Å². The molecule has 0 aliphatic rings. The van der Waals surface area contributed by atoms with E-state index in [0.717, 1.165) is 21.4 Å². The molecule has 3 rings (SSSR count). The molecule has 2 aromatic carbocycles. The van der Waals surface area contributed by atoms with Crippen molar-refractivity contribution in [3.63, 3.8) is 0 Å². The molecular weight excluding hydrogens is 283 g/mol. The molecule has 0 saturated heterocycles. The summed E-state index contributed by atoms with van der Waals surface area (Å²) >= 11 is 7.42. The number of rotatable bonds is 3. The molecule has 0 unspecified atom stereocenters. The predicted molar refractivity (Wildman–Crippen MR) is 77.6 cm³/mol. The highest BCUT2D eigenvalue weighted by Crippen LogP contribution is 2.28. The van der Waals surface area contributed by atoms with Gasteiger partial charge in [0, 0.05) is 15.3 Å². The van der Waals surface area contributed by atoms with Crippen LogP contribution < -0.4 is 4.74 Å². The molecule has 4 heteroatoms. The van der Waals surface area contributed by atoms with E-state index in [9.17, 15) is 4.39 Å². The quantitative estimate of drug-likeness (QED) is 0.639. The molecule has 0 N–H and O–H groups in total. The highest BCUT2D eigenvalue weighted by atomic mass is 35.5. The Morgan fingerprint density at radius 2 is 2.05 bits per heavy atom. The van der Waals surface area contributed by atoms with Gasteiger partial charge in [0.15, 0.2) is 0 Å². The fourth-order valence-corrected chi connectivity index (χ4v) is 3.04. The highest BCUT2D eigenvalue weighted by Gasteiger charge is 2.06. The van der Waals surface area contributed by atoms with Gasteiger partial charge in [0.2, 0.25) is 0 Å². The summed E-state index contributed by atoms with van der Waals surface area (Å²) in [6.07, 6.45) is 0. The van der Waals surface area contributed by atoms with E-state index in [1.54, 1.807) is 24.3 Å². The lowest BCUT2D eigenvalue weighted by Gasteiger charge is -2.05. The molecule has 0 spiro atoms. The van der Waals surface area contributed by atoms with Crippen molar-refractivity contribution in [2.45, 2.75) is 6.61 Å². The van der Waals surface area contributed by atoms with Gasteiger partial charge in [0.25, 0.3) is 0 Å². The SMILES string of the molecule is Fc1ccc2c(COc3cccc(Cl)c3)csc2c1. The molecule has 96 valence electrons. The molecule has 0 radical (unpaired) electrons. The van der Waals surface area contributed by atoms with Crippen LogP contribution in [0.3, 0.4) is 0 Å². The third kappa shape index (κ3) is 2.72. The van der Waals surface area contributed by atoms with Crippen LogP contribution in [0.5, 0.6) is 5.75 Å². The molecule has 0 bridgehead atoms. The van der Waals surface area contributed by atoms with Crippen LogP contribution >= 0.6 is 22.9 Å². The minimum Gasteiger partial charge on any atom is -0.489 e. The summed E-state index contributed by atoms with van der Waals surface area (Å²) in [6, 6.07) is 12.1. The van der Waals surface area contributed by atoms with E-state index in [4.69, 9.17) is 16.3 Å². The molecule has 1 nitrogen and oxygen atoms in total. The van der Waals surface area contributed by atoms with Crippen LogP contribution in [0, 0.1) is 5.82 Å². The Morgan fingerprint density at radius 3 is 2.89 bits per heavy atom. The molecule has 0 aliphatic carbocycles. The molecule has 19 heavy (non-hydrogen) atoms. The number of halogens is 2. The number of ether oxygens (including phenoxy) is 1. The molecule has 0 saturated carbocycles. The smallest absolute Gasteiger partial charge is 0.124 e. The minimum absolute atomic E-state index is 0.211. The van der Waals surface area contributed by atoms with E-state index in [0.29, 0.717) is 11.6 Å². The van der Waals surface area contributed by atoms with Crippen LogP contribution in [-0.2, 0) is 6.61 Å². The van der Waals surface area contributed by atoms with Gasteiger partial charge in [-0.05, 0) is 41.1 Å². The maximum absolute atomic E-state index is 13.1. The summed E-state index contributed by atoms with van der Waals surface area (Å²) in [5.74, 6) is 0.519. The van der Waals surface area contributed by atoms with E-state index in [1.165, 1.54) is 17.4 Å². The Labute approximate surface area is 119 Å². The lowest BCUT2D eigenvalue weighted by Crippen LogP contribution is -1.94. The third-order valence-corrected chi connectivity index (χ3v) is 4.04. The Hall–Kier alpha value is -1.58. The van der Waals surface area contributed by atoms with Crippen molar-refractivity contribution in [2.24, 2.45) is 0 Å². The van der Waals surface area contributed by atoms with Gasteiger partial charge in [-0.15, -0.1) is 11.3 Å². The van der Waals surface area contributed by atoms with Gasteiger partial charge in [-0.1, -0.05) is 23.7 Å². The second kappa shape index (κ2) is 5.19. The lowest BCUT2D eigenvalue weighted by atomic mass is 10.2. The Kier molecular flexibility index (Phi) is 3.40. The maximum atomic E-state index is 13.1. The van der Waals surface area contributed by atoms with Gasteiger partial charge in [-0.3, -0.25) is 0 Å². The van der Waals surface area contributed by atoms with Gasteiger partial charge in [-0.2, -0.15) is 0 Å². The molecule has 0 fully saturated rings. The zero-order chi connectivity index (χ0) is 13.2. The van der Waals surface area contributed by atoms with Crippen molar-refractivity contribution in [3.05, 3.63) is 64.2 Å². The van der Waals surface area contributed by atoms with Crippen LogP contribution in [0.1, 0.15) is 5.56 Å². The first-order valence-electron chi connectivity index (χ1n) is 5.76. The van der Waals surface area contributed by atoms with Gasteiger partial charge in [0.05, 0.1) is 0 Å². The molecule has 0 amide bonds. The normalized spacial score (nSPS) is 10.8. The fraction of sp³-hybridized carbons (Fsp3) is 0.0667. The second-order valence-electron chi connectivity index (χ2n) is 4.15. The number of hydrogen-bond acceptors (Lipinski definition) is 2. The van der Waals surface area contributed by atoms with E-state index < -0.39 is 0 Å². The lowest BCUT2D eigenvalue weighted by molar-refractivity contribution is 0.308. The molecule has 3 aromatic rings. The summed E-state index contributed by atoms with van der Waals surface area (Å²) in [7, 11) is 0. The van der Waals surface area contributed by atoms with Crippen molar-refractivity contribution in [1.82, 2.24) is 0 Å². The number of benzene rings is 2. The number of thiophene rings is 1. The summed E-state index contributed by atoms with van der Waals surface area (Å²) < 4.78 is 19.7. The molecule has 0 atom stereocenters. The first-order chi connectivity index (χ1) is 9.22. The average Bonchev–Trinajstić information content (AvgIpc) is 2.78. The zero-order valence-electron chi connectivity index (χ0n) is 9.90. The minimum atomic E-state index is -0.211. The Morgan fingerprint density at radius 1 is 1.16 bits per heavy atom.